The molecule has 7 heteroatoms. The average Bonchev–Trinajstić information content (AvgIpc) is 2.74. The minimum Gasteiger partial charge on any atom is -0.386 e. The van der Waals surface area contributed by atoms with E-state index in [1.807, 2.05) is 0 Å². The van der Waals surface area contributed by atoms with Gasteiger partial charge < -0.3 is 20.5 Å². The topological polar surface area (TPSA) is 99.7 Å². The predicted octanol–water partition coefficient (Wildman–Crippen LogP) is -1.04. The maximum absolute atomic E-state index is 11.6. The molecule has 0 bridgehead atoms. The maximum atomic E-state index is 11.6. The van der Waals surface area contributed by atoms with E-state index in [0.29, 0.717) is 19.6 Å². The second-order valence-electron chi connectivity index (χ2n) is 4.48. The van der Waals surface area contributed by atoms with Gasteiger partial charge in [-0.2, -0.15) is 0 Å². The Labute approximate surface area is 106 Å². The first-order valence-corrected chi connectivity index (χ1v) is 6.09. The lowest BCUT2D eigenvalue weighted by atomic mass is 10.0. The molecule has 0 aromatic carbocycles. The van der Waals surface area contributed by atoms with Crippen LogP contribution in [0.15, 0.2) is 0 Å². The lowest BCUT2D eigenvalue weighted by Crippen LogP contribution is -2.51. The van der Waals surface area contributed by atoms with Gasteiger partial charge in [0.25, 0.3) is 0 Å². The van der Waals surface area contributed by atoms with Crippen LogP contribution in [0, 0.1) is 0 Å². The highest BCUT2D eigenvalue weighted by molar-refractivity contribution is 5.96. The third kappa shape index (κ3) is 4.59. The minimum absolute atomic E-state index is 0.261. The standard InChI is InChI=1S/C11H21N3O4/c1-3-12-10(16)14-9(15)8(2)13-6-11(17)4-5-18-7-11/h8,13,17H,3-7H2,1-2H3,(H2,12,14,15,16). The van der Waals surface area contributed by atoms with Gasteiger partial charge in [-0.25, -0.2) is 4.79 Å². The monoisotopic (exact) mass is 259 g/mol. The zero-order valence-electron chi connectivity index (χ0n) is 10.8. The summed E-state index contributed by atoms with van der Waals surface area (Å²) < 4.78 is 5.09. The SMILES string of the molecule is CCNC(=O)NC(=O)C(C)NCC1(O)CCOC1. The van der Waals surface area contributed by atoms with Gasteiger partial charge >= 0.3 is 6.03 Å². The van der Waals surface area contributed by atoms with Crippen LogP contribution in [0.5, 0.6) is 0 Å². The van der Waals surface area contributed by atoms with Crippen LogP contribution in [0.4, 0.5) is 4.79 Å². The van der Waals surface area contributed by atoms with Gasteiger partial charge in [-0.3, -0.25) is 10.1 Å². The fraction of sp³-hybridized carbons (Fsp3) is 0.818. The molecular weight excluding hydrogens is 238 g/mol. The average molecular weight is 259 g/mol. The summed E-state index contributed by atoms with van der Waals surface area (Å²) in [7, 11) is 0. The number of hydrogen-bond donors (Lipinski definition) is 4. The van der Waals surface area contributed by atoms with E-state index in [4.69, 9.17) is 4.74 Å². The number of hydrogen-bond acceptors (Lipinski definition) is 5. The summed E-state index contributed by atoms with van der Waals surface area (Å²) in [5.74, 6) is -0.427. The Morgan fingerprint density at radius 3 is 2.78 bits per heavy atom. The Morgan fingerprint density at radius 1 is 1.50 bits per heavy atom. The lowest BCUT2D eigenvalue weighted by Gasteiger charge is -2.23. The highest BCUT2D eigenvalue weighted by Gasteiger charge is 2.32. The predicted molar refractivity (Wildman–Crippen MR) is 65.1 cm³/mol. The number of carbonyl (C=O) groups excluding carboxylic acids is 2. The Morgan fingerprint density at radius 2 is 2.22 bits per heavy atom. The first-order valence-electron chi connectivity index (χ1n) is 6.09. The first kappa shape index (κ1) is 14.9. The van der Waals surface area contributed by atoms with Crippen LogP contribution in [-0.4, -0.2) is 55.0 Å². The second kappa shape index (κ2) is 6.67. The van der Waals surface area contributed by atoms with Crippen molar-refractivity contribution in [2.45, 2.75) is 31.9 Å². The van der Waals surface area contributed by atoms with E-state index < -0.39 is 23.6 Å². The molecule has 0 radical (unpaired) electrons. The summed E-state index contributed by atoms with van der Waals surface area (Å²) >= 11 is 0. The van der Waals surface area contributed by atoms with Crippen molar-refractivity contribution in [1.29, 1.82) is 0 Å². The molecule has 1 aliphatic heterocycles. The van der Waals surface area contributed by atoms with E-state index in [0.717, 1.165) is 0 Å². The number of ether oxygens (including phenoxy) is 1. The van der Waals surface area contributed by atoms with E-state index in [9.17, 15) is 14.7 Å². The van der Waals surface area contributed by atoms with E-state index in [2.05, 4.69) is 16.0 Å². The van der Waals surface area contributed by atoms with Crippen molar-refractivity contribution in [3.63, 3.8) is 0 Å². The summed E-state index contributed by atoms with van der Waals surface area (Å²) in [5, 5.41) is 17.6. The number of rotatable bonds is 5. The van der Waals surface area contributed by atoms with Gasteiger partial charge in [-0.15, -0.1) is 0 Å². The van der Waals surface area contributed by atoms with Crippen molar-refractivity contribution in [2.24, 2.45) is 0 Å². The maximum Gasteiger partial charge on any atom is 0.321 e. The molecule has 0 aromatic rings. The van der Waals surface area contributed by atoms with Gasteiger partial charge in [0.1, 0.15) is 5.60 Å². The molecule has 0 aliphatic carbocycles. The van der Waals surface area contributed by atoms with Crippen LogP contribution < -0.4 is 16.0 Å². The molecule has 4 N–H and O–H groups in total. The first-order chi connectivity index (χ1) is 8.47. The molecule has 1 heterocycles. The van der Waals surface area contributed by atoms with Gasteiger partial charge in [0.2, 0.25) is 5.91 Å². The third-order valence-electron chi connectivity index (χ3n) is 2.79. The molecule has 1 aliphatic rings. The Kier molecular flexibility index (Phi) is 5.52. The zero-order valence-corrected chi connectivity index (χ0v) is 10.8. The van der Waals surface area contributed by atoms with Crippen molar-refractivity contribution in [3.8, 4) is 0 Å². The molecule has 0 saturated carbocycles. The normalized spacial score (nSPS) is 24.6. The molecule has 0 aromatic heterocycles. The number of carbonyl (C=O) groups is 2. The summed E-state index contributed by atoms with van der Waals surface area (Å²) in [6.45, 7) is 4.91. The number of amides is 3. The van der Waals surface area contributed by atoms with E-state index >= 15 is 0 Å². The quantitative estimate of drug-likeness (QED) is 0.505. The summed E-state index contributed by atoms with van der Waals surface area (Å²) in [5.41, 5.74) is -0.916. The summed E-state index contributed by atoms with van der Waals surface area (Å²) in [6.07, 6.45) is 0.546. The highest BCUT2D eigenvalue weighted by atomic mass is 16.5. The number of urea groups is 1. The highest BCUT2D eigenvalue weighted by Crippen LogP contribution is 2.16. The van der Waals surface area contributed by atoms with Crippen molar-refractivity contribution >= 4 is 11.9 Å². The molecule has 1 saturated heterocycles. The van der Waals surface area contributed by atoms with Crippen molar-refractivity contribution in [2.75, 3.05) is 26.3 Å². The van der Waals surface area contributed by atoms with Crippen molar-refractivity contribution in [1.82, 2.24) is 16.0 Å². The Hall–Kier alpha value is -1.18. The smallest absolute Gasteiger partial charge is 0.321 e. The summed E-state index contributed by atoms with van der Waals surface area (Å²) in [4.78, 5) is 22.7. The molecule has 2 unspecified atom stereocenters. The largest absolute Gasteiger partial charge is 0.386 e. The molecule has 3 amide bonds. The Bertz CT molecular complexity index is 303. The Balaban J connectivity index is 2.29. The fourth-order valence-corrected chi connectivity index (χ4v) is 1.60. The zero-order chi connectivity index (χ0) is 13.6. The van der Waals surface area contributed by atoms with Gasteiger partial charge in [0.05, 0.1) is 12.6 Å². The van der Waals surface area contributed by atoms with Gasteiger partial charge in [0.15, 0.2) is 0 Å². The molecular formula is C11H21N3O4. The molecule has 1 rings (SSSR count). The van der Waals surface area contributed by atoms with E-state index in [-0.39, 0.29) is 13.2 Å². The van der Waals surface area contributed by atoms with Crippen LogP contribution in [0.1, 0.15) is 20.3 Å². The molecule has 1 fully saturated rings. The van der Waals surface area contributed by atoms with Crippen LogP contribution in [0.2, 0.25) is 0 Å². The van der Waals surface area contributed by atoms with Crippen molar-refractivity contribution in [3.05, 3.63) is 0 Å². The van der Waals surface area contributed by atoms with Crippen LogP contribution in [0.3, 0.4) is 0 Å². The number of nitrogens with one attached hydrogen (secondary N) is 3. The van der Waals surface area contributed by atoms with Crippen molar-refractivity contribution < 1.29 is 19.4 Å². The van der Waals surface area contributed by atoms with Gasteiger partial charge in [-0.05, 0) is 13.8 Å². The third-order valence-corrected chi connectivity index (χ3v) is 2.79. The molecule has 18 heavy (non-hydrogen) atoms. The lowest BCUT2D eigenvalue weighted by molar-refractivity contribution is -0.121. The number of aliphatic hydroxyl groups is 1. The van der Waals surface area contributed by atoms with E-state index in [1.165, 1.54) is 0 Å². The van der Waals surface area contributed by atoms with Gasteiger partial charge in [0, 0.05) is 26.1 Å². The number of imide groups is 1. The van der Waals surface area contributed by atoms with Crippen LogP contribution in [-0.2, 0) is 9.53 Å². The molecule has 104 valence electrons. The van der Waals surface area contributed by atoms with Crippen LogP contribution >= 0.6 is 0 Å². The molecule has 2 atom stereocenters. The minimum atomic E-state index is -0.916. The van der Waals surface area contributed by atoms with E-state index in [1.54, 1.807) is 13.8 Å². The van der Waals surface area contributed by atoms with Gasteiger partial charge in [-0.1, -0.05) is 0 Å². The second-order valence-corrected chi connectivity index (χ2v) is 4.48. The molecule has 7 nitrogen and oxygen atoms in total. The summed E-state index contributed by atoms with van der Waals surface area (Å²) in [6, 6.07) is -1.07. The van der Waals surface area contributed by atoms with Crippen LogP contribution in [0.25, 0.3) is 0 Å². The fourth-order valence-electron chi connectivity index (χ4n) is 1.60. The molecule has 0 spiro atoms.